The van der Waals surface area contributed by atoms with E-state index in [-0.39, 0.29) is 11.8 Å². The van der Waals surface area contributed by atoms with Gasteiger partial charge in [0.1, 0.15) is 0 Å². The van der Waals surface area contributed by atoms with Crippen LogP contribution in [0.15, 0.2) is 48.5 Å². The normalized spacial score (nSPS) is 17.6. The molecule has 4 nitrogen and oxygen atoms in total. The van der Waals surface area contributed by atoms with Crippen LogP contribution in [0.3, 0.4) is 0 Å². The second kappa shape index (κ2) is 6.84. The number of carbonyl (C=O) groups is 1. The zero-order valence-corrected chi connectivity index (χ0v) is 15.1. The van der Waals surface area contributed by atoms with Crippen molar-refractivity contribution >= 4 is 38.3 Å². The minimum atomic E-state index is 0.000341. The number of aromatic nitrogens is 1. The molecule has 1 unspecified atom stereocenters. The number of rotatable bonds is 3. The summed E-state index contributed by atoms with van der Waals surface area (Å²) in [6.07, 6.45) is 1.95. The molecular weight excluding hydrogens is 330 g/mol. The summed E-state index contributed by atoms with van der Waals surface area (Å²) < 4.78 is 1.20. The van der Waals surface area contributed by atoms with Crippen LogP contribution >= 0.6 is 11.3 Å². The molecule has 3 aromatic rings. The molecule has 0 radical (unpaired) electrons. The lowest BCUT2D eigenvalue weighted by Crippen LogP contribution is -2.40. The van der Waals surface area contributed by atoms with Gasteiger partial charge in [-0.15, -0.1) is 0 Å². The summed E-state index contributed by atoms with van der Waals surface area (Å²) in [6.45, 7) is 3.72. The van der Waals surface area contributed by atoms with Gasteiger partial charge >= 0.3 is 0 Å². The van der Waals surface area contributed by atoms with Gasteiger partial charge in [-0.25, -0.2) is 4.98 Å². The summed E-state index contributed by atoms with van der Waals surface area (Å²) >= 11 is 1.71. The third-order valence-electron chi connectivity index (χ3n) is 4.75. The predicted octanol–water partition coefficient (Wildman–Crippen LogP) is 4.46. The molecule has 5 heteroatoms. The van der Waals surface area contributed by atoms with E-state index in [0.717, 1.165) is 47.8 Å². The number of anilines is 2. The molecule has 1 amide bonds. The zero-order valence-electron chi connectivity index (χ0n) is 14.2. The van der Waals surface area contributed by atoms with E-state index < -0.39 is 0 Å². The van der Waals surface area contributed by atoms with Gasteiger partial charge in [-0.3, -0.25) is 4.79 Å². The van der Waals surface area contributed by atoms with Crippen LogP contribution in [-0.2, 0) is 4.79 Å². The molecule has 0 bridgehead atoms. The van der Waals surface area contributed by atoms with Crippen LogP contribution in [-0.4, -0.2) is 24.0 Å². The van der Waals surface area contributed by atoms with Crippen LogP contribution in [0.25, 0.3) is 10.2 Å². The molecule has 1 aromatic heterocycles. The third-order valence-corrected chi connectivity index (χ3v) is 5.85. The van der Waals surface area contributed by atoms with E-state index in [1.54, 1.807) is 11.3 Å². The average Bonchev–Trinajstić information content (AvgIpc) is 3.08. The lowest BCUT2D eigenvalue weighted by atomic mass is 9.97. The zero-order chi connectivity index (χ0) is 17.2. The molecule has 128 valence electrons. The van der Waals surface area contributed by atoms with Crippen molar-refractivity contribution < 1.29 is 4.79 Å². The first-order valence-electron chi connectivity index (χ1n) is 8.68. The van der Waals surface area contributed by atoms with Crippen molar-refractivity contribution in [1.29, 1.82) is 0 Å². The first kappa shape index (κ1) is 16.1. The second-order valence-electron chi connectivity index (χ2n) is 6.55. The van der Waals surface area contributed by atoms with Gasteiger partial charge in [0.2, 0.25) is 5.91 Å². The van der Waals surface area contributed by atoms with Gasteiger partial charge in [-0.05, 0) is 43.5 Å². The molecule has 1 fully saturated rings. The quantitative estimate of drug-likeness (QED) is 0.758. The third kappa shape index (κ3) is 3.37. The van der Waals surface area contributed by atoms with Gasteiger partial charge in [0.05, 0.1) is 16.1 Å². The van der Waals surface area contributed by atoms with Gasteiger partial charge in [0, 0.05) is 18.8 Å². The smallest absolute Gasteiger partial charge is 0.229 e. The largest absolute Gasteiger partial charge is 0.347 e. The van der Waals surface area contributed by atoms with E-state index in [1.807, 2.05) is 49.4 Å². The van der Waals surface area contributed by atoms with Crippen LogP contribution in [0, 0.1) is 12.8 Å². The number of thiazole rings is 1. The second-order valence-corrected chi connectivity index (χ2v) is 7.56. The van der Waals surface area contributed by atoms with Crippen LogP contribution in [0.2, 0.25) is 0 Å². The number of hydrogen-bond acceptors (Lipinski definition) is 4. The van der Waals surface area contributed by atoms with E-state index in [9.17, 15) is 4.79 Å². The fraction of sp³-hybridized carbons (Fsp3) is 0.300. The Morgan fingerprint density at radius 2 is 2.00 bits per heavy atom. The molecule has 2 aromatic carbocycles. The predicted molar refractivity (Wildman–Crippen MR) is 104 cm³/mol. The Morgan fingerprint density at radius 1 is 1.20 bits per heavy atom. The van der Waals surface area contributed by atoms with Gasteiger partial charge in [-0.1, -0.05) is 41.7 Å². The topological polar surface area (TPSA) is 45.2 Å². The monoisotopic (exact) mass is 351 g/mol. The molecule has 2 heterocycles. The fourth-order valence-corrected chi connectivity index (χ4v) is 4.31. The van der Waals surface area contributed by atoms with Gasteiger partial charge in [-0.2, -0.15) is 0 Å². The standard InChI is InChI=1S/C20H21N3OS/c1-14-7-2-3-9-16(14)21-19(24)15-8-6-12-23(13-15)20-22-17-10-4-5-11-18(17)25-20/h2-5,7,9-11,15H,6,8,12-13H2,1H3,(H,21,24). The summed E-state index contributed by atoms with van der Waals surface area (Å²) in [7, 11) is 0. The maximum atomic E-state index is 12.7. The van der Waals surface area contributed by atoms with Gasteiger partial charge in [0.15, 0.2) is 5.13 Å². The fourth-order valence-electron chi connectivity index (χ4n) is 3.31. The number of nitrogens with one attached hydrogen (secondary N) is 1. The maximum absolute atomic E-state index is 12.7. The Labute approximate surface area is 151 Å². The van der Waals surface area contributed by atoms with E-state index in [2.05, 4.69) is 16.3 Å². The summed E-state index contributed by atoms with van der Waals surface area (Å²) in [6, 6.07) is 16.1. The highest BCUT2D eigenvalue weighted by molar-refractivity contribution is 7.22. The molecule has 1 atom stereocenters. The number of piperidine rings is 1. The van der Waals surface area contributed by atoms with Crippen molar-refractivity contribution in [3.05, 3.63) is 54.1 Å². The first-order valence-corrected chi connectivity index (χ1v) is 9.49. The Morgan fingerprint density at radius 3 is 2.84 bits per heavy atom. The van der Waals surface area contributed by atoms with E-state index in [0.29, 0.717) is 0 Å². The van der Waals surface area contributed by atoms with E-state index in [4.69, 9.17) is 4.98 Å². The molecule has 0 spiro atoms. The Hall–Kier alpha value is -2.40. The maximum Gasteiger partial charge on any atom is 0.229 e. The van der Waals surface area contributed by atoms with E-state index >= 15 is 0 Å². The van der Waals surface area contributed by atoms with Crippen LogP contribution in [0.1, 0.15) is 18.4 Å². The average molecular weight is 351 g/mol. The minimum Gasteiger partial charge on any atom is -0.347 e. The number of amides is 1. The lowest BCUT2D eigenvalue weighted by Gasteiger charge is -2.31. The number of aryl methyl sites for hydroxylation is 1. The summed E-state index contributed by atoms with van der Waals surface area (Å²) in [5, 5.41) is 4.12. The van der Waals surface area contributed by atoms with Gasteiger partial charge < -0.3 is 10.2 Å². The lowest BCUT2D eigenvalue weighted by molar-refractivity contribution is -0.120. The number of carbonyl (C=O) groups excluding carboxylic acids is 1. The Kier molecular flexibility index (Phi) is 4.40. The summed E-state index contributed by atoms with van der Waals surface area (Å²) in [5.41, 5.74) is 3.04. The number of hydrogen-bond donors (Lipinski definition) is 1. The number of benzene rings is 2. The van der Waals surface area contributed by atoms with Crippen molar-refractivity contribution in [2.45, 2.75) is 19.8 Å². The first-order chi connectivity index (χ1) is 12.2. The number of para-hydroxylation sites is 2. The summed E-state index contributed by atoms with van der Waals surface area (Å²) in [4.78, 5) is 19.7. The highest BCUT2D eigenvalue weighted by Crippen LogP contribution is 2.31. The molecule has 0 aliphatic carbocycles. The summed E-state index contributed by atoms with van der Waals surface area (Å²) in [5.74, 6) is 0.112. The molecule has 1 saturated heterocycles. The van der Waals surface area contributed by atoms with E-state index in [1.165, 1.54) is 4.70 Å². The molecule has 0 saturated carbocycles. The molecule has 4 rings (SSSR count). The number of fused-ring (bicyclic) bond motifs is 1. The van der Waals surface area contributed by atoms with Crippen molar-refractivity contribution in [1.82, 2.24) is 4.98 Å². The van der Waals surface area contributed by atoms with Crippen molar-refractivity contribution in [3.63, 3.8) is 0 Å². The van der Waals surface area contributed by atoms with Crippen LogP contribution < -0.4 is 10.2 Å². The van der Waals surface area contributed by atoms with Crippen LogP contribution in [0.5, 0.6) is 0 Å². The molecular formula is C20H21N3OS. The van der Waals surface area contributed by atoms with Crippen molar-refractivity contribution in [2.24, 2.45) is 5.92 Å². The van der Waals surface area contributed by atoms with Gasteiger partial charge in [0.25, 0.3) is 0 Å². The highest BCUT2D eigenvalue weighted by atomic mass is 32.1. The minimum absolute atomic E-state index is 0.000341. The van der Waals surface area contributed by atoms with Crippen molar-refractivity contribution in [2.75, 3.05) is 23.3 Å². The number of nitrogens with zero attached hydrogens (tertiary/aromatic N) is 2. The van der Waals surface area contributed by atoms with Crippen molar-refractivity contribution in [3.8, 4) is 0 Å². The SMILES string of the molecule is Cc1ccccc1NC(=O)C1CCCN(c2nc3ccccc3s2)C1. The molecule has 1 aliphatic rings. The molecule has 25 heavy (non-hydrogen) atoms. The highest BCUT2D eigenvalue weighted by Gasteiger charge is 2.27. The van der Waals surface area contributed by atoms with Crippen LogP contribution in [0.4, 0.5) is 10.8 Å². The Bertz CT molecular complexity index is 872. The molecule has 1 N–H and O–H groups in total. The Balaban J connectivity index is 1.48. The molecule has 1 aliphatic heterocycles.